The van der Waals surface area contributed by atoms with Crippen molar-refractivity contribution in [2.24, 2.45) is 16.8 Å². The van der Waals surface area contributed by atoms with Gasteiger partial charge >= 0.3 is 0 Å². The van der Waals surface area contributed by atoms with Crippen molar-refractivity contribution in [3.05, 3.63) is 59.9 Å². The van der Waals surface area contributed by atoms with Gasteiger partial charge in [-0.1, -0.05) is 24.3 Å². The molecule has 1 saturated carbocycles. The minimum absolute atomic E-state index is 0. The third-order valence-electron chi connectivity index (χ3n) is 5.33. The highest BCUT2D eigenvalue weighted by atomic mass is 127. The number of halogens is 1. The summed E-state index contributed by atoms with van der Waals surface area (Å²) in [5.74, 6) is 3.27. The standard InChI is InChI=1S/C20H26N4.HI/c1-2-21-20(22-9-12-24-10-5-6-11-24)23-14-18-17-13-15-7-3-4-8-16(15)19(17)18;/h3-8,10-11,17-19H,2,9,12-14H2,1H3,(H2,21,22,23);1H. The Kier molecular flexibility index (Phi) is 6.04. The fourth-order valence-electron chi connectivity index (χ4n) is 4.09. The summed E-state index contributed by atoms with van der Waals surface area (Å²) in [5.41, 5.74) is 3.14. The van der Waals surface area contributed by atoms with Gasteiger partial charge in [0.15, 0.2) is 5.96 Å². The van der Waals surface area contributed by atoms with E-state index in [2.05, 4.69) is 70.9 Å². The van der Waals surface area contributed by atoms with Gasteiger partial charge in [-0.3, -0.25) is 4.99 Å². The molecular weight excluding hydrogens is 423 g/mol. The first kappa shape index (κ1) is 18.3. The molecule has 4 rings (SSSR count). The molecule has 0 amide bonds. The second-order valence-electron chi connectivity index (χ2n) is 6.82. The molecule has 2 aliphatic rings. The predicted molar refractivity (Wildman–Crippen MR) is 114 cm³/mol. The number of rotatable bonds is 6. The van der Waals surface area contributed by atoms with E-state index >= 15 is 0 Å². The maximum Gasteiger partial charge on any atom is 0.191 e. The Morgan fingerprint density at radius 2 is 1.96 bits per heavy atom. The van der Waals surface area contributed by atoms with Gasteiger partial charge in [-0.25, -0.2) is 0 Å². The number of nitrogens with one attached hydrogen (secondary N) is 2. The second kappa shape index (κ2) is 8.25. The van der Waals surface area contributed by atoms with Gasteiger partial charge in [-0.2, -0.15) is 0 Å². The Balaban J connectivity index is 0.00000182. The van der Waals surface area contributed by atoms with E-state index in [1.807, 2.05) is 0 Å². The summed E-state index contributed by atoms with van der Waals surface area (Å²) in [6, 6.07) is 13.0. The van der Waals surface area contributed by atoms with Crippen LogP contribution in [0.2, 0.25) is 0 Å². The van der Waals surface area contributed by atoms with Crippen LogP contribution in [0, 0.1) is 11.8 Å². The van der Waals surface area contributed by atoms with Crippen LogP contribution in [-0.4, -0.2) is 30.2 Å². The van der Waals surface area contributed by atoms with Crippen molar-refractivity contribution in [2.75, 3.05) is 19.6 Å². The van der Waals surface area contributed by atoms with Crippen LogP contribution in [0.5, 0.6) is 0 Å². The first-order chi connectivity index (χ1) is 11.9. The molecule has 25 heavy (non-hydrogen) atoms. The van der Waals surface area contributed by atoms with Crippen molar-refractivity contribution in [1.29, 1.82) is 0 Å². The Labute approximate surface area is 167 Å². The van der Waals surface area contributed by atoms with E-state index in [0.717, 1.165) is 49.9 Å². The van der Waals surface area contributed by atoms with Gasteiger partial charge in [0.1, 0.15) is 0 Å². The summed E-state index contributed by atoms with van der Waals surface area (Å²) in [6.07, 6.45) is 5.43. The summed E-state index contributed by atoms with van der Waals surface area (Å²) in [4.78, 5) is 4.83. The molecule has 3 atom stereocenters. The zero-order valence-corrected chi connectivity index (χ0v) is 17.0. The summed E-state index contributed by atoms with van der Waals surface area (Å²) in [6.45, 7) is 5.80. The SMILES string of the molecule is CCNC(=NCC1C2Cc3ccccc3C12)NCCn1cccc1.I. The minimum atomic E-state index is 0. The molecule has 0 saturated heterocycles. The van der Waals surface area contributed by atoms with Gasteiger partial charge in [0, 0.05) is 38.6 Å². The number of hydrogen-bond donors (Lipinski definition) is 2. The second-order valence-corrected chi connectivity index (χ2v) is 6.82. The average Bonchev–Trinajstić information content (AvgIpc) is 2.95. The maximum absolute atomic E-state index is 4.83. The van der Waals surface area contributed by atoms with Crippen molar-refractivity contribution in [2.45, 2.75) is 25.8 Å². The molecule has 1 aromatic heterocycles. The van der Waals surface area contributed by atoms with Crippen molar-refractivity contribution in [3.63, 3.8) is 0 Å². The quantitative estimate of drug-likeness (QED) is 0.403. The zero-order chi connectivity index (χ0) is 16.4. The van der Waals surface area contributed by atoms with Gasteiger partial charge in [-0.05, 0) is 54.4 Å². The van der Waals surface area contributed by atoms with Gasteiger partial charge in [0.05, 0.1) is 0 Å². The molecule has 3 unspecified atom stereocenters. The molecule has 2 aromatic rings. The lowest BCUT2D eigenvalue weighted by Gasteiger charge is -2.12. The van der Waals surface area contributed by atoms with E-state index < -0.39 is 0 Å². The summed E-state index contributed by atoms with van der Waals surface area (Å²) in [7, 11) is 0. The Bertz CT molecular complexity index is 710. The zero-order valence-electron chi connectivity index (χ0n) is 14.7. The highest BCUT2D eigenvalue weighted by Crippen LogP contribution is 2.61. The molecule has 1 aromatic carbocycles. The lowest BCUT2D eigenvalue weighted by atomic mass is 10.0. The van der Waals surface area contributed by atoms with Crippen molar-refractivity contribution in [1.82, 2.24) is 15.2 Å². The van der Waals surface area contributed by atoms with Crippen LogP contribution in [0.4, 0.5) is 0 Å². The monoisotopic (exact) mass is 450 g/mol. The van der Waals surface area contributed by atoms with Crippen LogP contribution in [0.15, 0.2) is 53.8 Å². The van der Waals surface area contributed by atoms with Crippen LogP contribution in [0.1, 0.15) is 24.0 Å². The third-order valence-corrected chi connectivity index (χ3v) is 5.33. The van der Waals surface area contributed by atoms with Crippen LogP contribution < -0.4 is 10.6 Å². The molecule has 2 aliphatic carbocycles. The van der Waals surface area contributed by atoms with Crippen LogP contribution in [-0.2, 0) is 13.0 Å². The molecule has 0 spiro atoms. The molecule has 4 nitrogen and oxygen atoms in total. The van der Waals surface area contributed by atoms with E-state index in [-0.39, 0.29) is 24.0 Å². The first-order valence-electron chi connectivity index (χ1n) is 9.07. The molecule has 1 heterocycles. The van der Waals surface area contributed by atoms with E-state index in [0.29, 0.717) is 0 Å². The molecule has 134 valence electrons. The minimum Gasteiger partial charge on any atom is -0.357 e. The number of benzene rings is 1. The smallest absolute Gasteiger partial charge is 0.191 e. The number of aromatic nitrogens is 1. The summed E-state index contributed by atoms with van der Waals surface area (Å²) in [5, 5.41) is 6.81. The lowest BCUT2D eigenvalue weighted by Crippen LogP contribution is -2.39. The summed E-state index contributed by atoms with van der Waals surface area (Å²) < 4.78 is 2.18. The van der Waals surface area contributed by atoms with Crippen molar-refractivity contribution >= 4 is 29.9 Å². The molecular formula is C20H27IN4. The number of nitrogens with zero attached hydrogens (tertiary/aromatic N) is 2. The van der Waals surface area contributed by atoms with Crippen LogP contribution >= 0.6 is 24.0 Å². The highest BCUT2D eigenvalue weighted by molar-refractivity contribution is 14.0. The van der Waals surface area contributed by atoms with Crippen LogP contribution in [0.3, 0.4) is 0 Å². The van der Waals surface area contributed by atoms with E-state index in [1.54, 1.807) is 11.1 Å². The molecule has 0 bridgehead atoms. The first-order valence-corrected chi connectivity index (χ1v) is 9.07. The van der Waals surface area contributed by atoms with Gasteiger partial charge < -0.3 is 15.2 Å². The van der Waals surface area contributed by atoms with Crippen molar-refractivity contribution in [3.8, 4) is 0 Å². The Morgan fingerprint density at radius 1 is 1.16 bits per heavy atom. The van der Waals surface area contributed by atoms with E-state index in [4.69, 9.17) is 4.99 Å². The van der Waals surface area contributed by atoms with E-state index in [9.17, 15) is 0 Å². The van der Waals surface area contributed by atoms with Gasteiger partial charge in [0.25, 0.3) is 0 Å². The average molecular weight is 450 g/mol. The molecule has 0 aliphatic heterocycles. The van der Waals surface area contributed by atoms with Gasteiger partial charge in [-0.15, -0.1) is 24.0 Å². The Hall–Kier alpha value is -1.50. The molecule has 0 radical (unpaired) electrons. The maximum atomic E-state index is 4.83. The third kappa shape index (κ3) is 4.02. The number of guanidine groups is 1. The number of fused-ring (bicyclic) bond motifs is 3. The number of aliphatic imine (C=N–C) groups is 1. The van der Waals surface area contributed by atoms with Crippen molar-refractivity contribution < 1.29 is 0 Å². The topological polar surface area (TPSA) is 41.4 Å². The van der Waals surface area contributed by atoms with E-state index in [1.165, 1.54) is 6.42 Å². The van der Waals surface area contributed by atoms with Gasteiger partial charge in [0.2, 0.25) is 0 Å². The molecule has 1 fully saturated rings. The summed E-state index contributed by atoms with van der Waals surface area (Å²) >= 11 is 0. The predicted octanol–water partition coefficient (Wildman–Crippen LogP) is 3.25. The number of hydrogen-bond acceptors (Lipinski definition) is 1. The Morgan fingerprint density at radius 3 is 2.76 bits per heavy atom. The molecule has 2 N–H and O–H groups in total. The fourth-order valence-corrected chi connectivity index (χ4v) is 4.09. The van der Waals surface area contributed by atoms with Crippen LogP contribution in [0.25, 0.3) is 0 Å². The molecule has 5 heteroatoms. The largest absolute Gasteiger partial charge is 0.357 e. The highest BCUT2D eigenvalue weighted by Gasteiger charge is 2.54. The lowest BCUT2D eigenvalue weighted by molar-refractivity contribution is 0.657. The fraction of sp³-hybridized carbons (Fsp3) is 0.450. The normalized spacial score (nSPS) is 23.4.